The Labute approximate surface area is 85.7 Å². The van der Waals surface area contributed by atoms with E-state index in [1.54, 1.807) is 0 Å². The van der Waals surface area contributed by atoms with Crippen LogP contribution in [0, 0.1) is 11.3 Å². The minimum atomic E-state index is -0.706. The van der Waals surface area contributed by atoms with Crippen molar-refractivity contribution in [1.29, 1.82) is 0 Å². The molecule has 0 bridgehead atoms. The number of hydrogen-bond donors (Lipinski definition) is 2. The quantitative estimate of drug-likeness (QED) is 0.728. The summed E-state index contributed by atoms with van der Waals surface area (Å²) < 4.78 is 0. The maximum atomic E-state index is 10.9. The van der Waals surface area contributed by atoms with Crippen LogP contribution in [0.2, 0.25) is 0 Å². The molecule has 1 fully saturated rings. The van der Waals surface area contributed by atoms with Gasteiger partial charge in [-0.05, 0) is 24.2 Å². The van der Waals surface area contributed by atoms with Crippen LogP contribution in [0.1, 0.15) is 46.0 Å². The van der Waals surface area contributed by atoms with Gasteiger partial charge >= 0.3 is 5.97 Å². The second kappa shape index (κ2) is 4.30. The lowest BCUT2D eigenvalue weighted by Gasteiger charge is -2.37. The van der Waals surface area contributed by atoms with Crippen LogP contribution in [0.3, 0.4) is 0 Å². The lowest BCUT2D eigenvalue weighted by molar-refractivity contribution is -0.141. The summed E-state index contributed by atoms with van der Waals surface area (Å²) in [6, 6.07) is 0.0381. The standard InChI is InChI=1S/C11H21NO2/c1-3-9(12)11(7-10(13)14)6-4-5-8(11)2/h8-9H,3-7,12H2,1-2H3,(H,13,14). The molecule has 14 heavy (non-hydrogen) atoms. The molecule has 82 valence electrons. The van der Waals surface area contributed by atoms with Gasteiger partial charge in [0, 0.05) is 6.04 Å². The summed E-state index contributed by atoms with van der Waals surface area (Å²) >= 11 is 0. The van der Waals surface area contributed by atoms with Crippen molar-refractivity contribution in [2.75, 3.05) is 0 Å². The highest BCUT2D eigenvalue weighted by atomic mass is 16.4. The van der Waals surface area contributed by atoms with Gasteiger partial charge in [0.25, 0.3) is 0 Å². The molecule has 0 aliphatic heterocycles. The van der Waals surface area contributed by atoms with Crippen LogP contribution in [-0.2, 0) is 4.79 Å². The van der Waals surface area contributed by atoms with E-state index in [0.717, 1.165) is 25.7 Å². The van der Waals surface area contributed by atoms with E-state index >= 15 is 0 Å². The first-order chi connectivity index (χ1) is 6.53. The van der Waals surface area contributed by atoms with Crippen LogP contribution in [0.15, 0.2) is 0 Å². The molecule has 0 saturated heterocycles. The van der Waals surface area contributed by atoms with E-state index in [1.165, 1.54) is 0 Å². The highest BCUT2D eigenvalue weighted by Crippen LogP contribution is 2.48. The van der Waals surface area contributed by atoms with Gasteiger partial charge in [-0.15, -0.1) is 0 Å². The van der Waals surface area contributed by atoms with Gasteiger partial charge in [-0.1, -0.05) is 26.7 Å². The number of nitrogens with two attached hydrogens (primary N) is 1. The van der Waals surface area contributed by atoms with Crippen LogP contribution < -0.4 is 5.73 Å². The van der Waals surface area contributed by atoms with Crippen molar-refractivity contribution in [3.8, 4) is 0 Å². The molecule has 3 N–H and O–H groups in total. The number of rotatable bonds is 4. The number of carboxylic acid groups (broad SMARTS) is 1. The Morgan fingerprint density at radius 1 is 1.71 bits per heavy atom. The third-order valence-corrected chi connectivity index (χ3v) is 3.92. The Balaban J connectivity index is 2.83. The van der Waals surface area contributed by atoms with E-state index in [2.05, 4.69) is 6.92 Å². The molecule has 0 amide bonds. The smallest absolute Gasteiger partial charge is 0.303 e. The predicted octanol–water partition coefficient (Wildman–Crippen LogP) is 2.00. The molecule has 0 heterocycles. The molecule has 3 heteroatoms. The van der Waals surface area contributed by atoms with Gasteiger partial charge in [0.15, 0.2) is 0 Å². The van der Waals surface area contributed by atoms with Gasteiger partial charge in [0.05, 0.1) is 6.42 Å². The van der Waals surface area contributed by atoms with E-state index in [9.17, 15) is 4.79 Å². The first-order valence-corrected chi connectivity index (χ1v) is 5.50. The average Bonchev–Trinajstić information content (AvgIpc) is 2.47. The number of carbonyl (C=O) groups is 1. The number of carboxylic acids is 1. The Bertz CT molecular complexity index is 217. The largest absolute Gasteiger partial charge is 0.481 e. The highest BCUT2D eigenvalue weighted by molar-refractivity contribution is 5.68. The summed E-state index contributed by atoms with van der Waals surface area (Å²) in [4.78, 5) is 10.9. The molecule has 0 spiro atoms. The zero-order chi connectivity index (χ0) is 10.8. The van der Waals surface area contributed by atoms with Crippen molar-refractivity contribution < 1.29 is 9.90 Å². The lowest BCUT2D eigenvalue weighted by atomic mass is 9.69. The summed E-state index contributed by atoms with van der Waals surface area (Å²) in [7, 11) is 0. The lowest BCUT2D eigenvalue weighted by Crippen LogP contribution is -2.44. The zero-order valence-electron chi connectivity index (χ0n) is 9.12. The zero-order valence-corrected chi connectivity index (χ0v) is 9.12. The van der Waals surface area contributed by atoms with Crippen LogP contribution in [0.4, 0.5) is 0 Å². The van der Waals surface area contributed by atoms with Crippen LogP contribution >= 0.6 is 0 Å². The molecule has 0 aromatic heterocycles. The van der Waals surface area contributed by atoms with Gasteiger partial charge < -0.3 is 10.8 Å². The van der Waals surface area contributed by atoms with E-state index in [1.807, 2.05) is 6.92 Å². The normalized spacial score (nSPS) is 34.4. The Kier molecular flexibility index (Phi) is 3.53. The fraction of sp³-hybridized carbons (Fsp3) is 0.909. The molecule has 3 unspecified atom stereocenters. The summed E-state index contributed by atoms with van der Waals surface area (Å²) in [5.74, 6) is -0.254. The van der Waals surface area contributed by atoms with Crippen molar-refractivity contribution in [1.82, 2.24) is 0 Å². The summed E-state index contributed by atoms with van der Waals surface area (Å²) in [5, 5.41) is 8.95. The third-order valence-electron chi connectivity index (χ3n) is 3.92. The van der Waals surface area contributed by atoms with Crippen molar-refractivity contribution >= 4 is 5.97 Å². The monoisotopic (exact) mass is 199 g/mol. The highest BCUT2D eigenvalue weighted by Gasteiger charge is 2.45. The molecule has 0 aromatic carbocycles. The molecule has 1 rings (SSSR count). The van der Waals surface area contributed by atoms with Gasteiger partial charge in [0.2, 0.25) is 0 Å². The van der Waals surface area contributed by atoms with Crippen molar-refractivity contribution in [3.05, 3.63) is 0 Å². The SMILES string of the molecule is CCC(N)C1(CC(=O)O)CCCC1C. The van der Waals surface area contributed by atoms with Crippen LogP contribution in [0.5, 0.6) is 0 Å². The number of aliphatic carboxylic acids is 1. The minimum absolute atomic E-state index is 0.0381. The van der Waals surface area contributed by atoms with Crippen molar-refractivity contribution in [3.63, 3.8) is 0 Å². The summed E-state index contributed by atoms with van der Waals surface area (Å²) in [5.41, 5.74) is 5.95. The third kappa shape index (κ3) is 1.92. The topological polar surface area (TPSA) is 63.3 Å². The molecule has 3 nitrogen and oxygen atoms in total. The molecule has 0 aromatic rings. The maximum absolute atomic E-state index is 10.9. The molecular formula is C11H21NO2. The van der Waals surface area contributed by atoms with Crippen LogP contribution in [-0.4, -0.2) is 17.1 Å². The van der Waals surface area contributed by atoms with E-state index in [4.69, 9.17) is 10.8 Å². The maximum Gasteiger partial charge on any atom is 0.303 e. The first-order valence-electron chi connectivity index (χ1n) is 5.50. The fourth-order valence-electron chi connectivity index (χ4n) is 2.90. The molecule has 0 radical (unpaired) electrons. The van der Waals surface area contributed by atoms with Crippen molar-refractivity contribution in [2.45, 2.75) is 52.0 Å². The fourth-order valence-corrected chi connectivity index (χ4v) is 2.90. The van der Waals surface area contributed by atoms with Gasteiger partial charge in [-0.3, -0.25) is 4.79 Å². The summed E-state index contributed by atoms with van der Waals surface area (Å²) in [6.45, 7) is 4.19. The first kappa shape index (κ1) is 11.5. The van der Waals surface area contributed by atoms with Gasteiger partial charge in [0.1, 0.15) is 0 Å². The second-order valence-electron chi connectivity index (χ2n) is 4.61. The molecule has 1 aliphatic carbocycles. The molecule has 1 aliphatic rings. The Morgan fingerprint density at radius 2 is 2.36 bits per heavy atom. The van der Waals surface area contributed by atoms with Crippen LogP contribution in [0.25, 0.3) is 0 Å². The molecule has 3 atom stereocenters. The molecular weight excluding hydrogens is 178 g/mol. The van der Waals surface area contributed by atoms with E-state index in [0.29, 0.717) is 5.92 Å². The van der Waals surface area contributed by atoms with Gasteiger partial charge in [-0.2, -0.15) is 0 Å². The average molecular weight is 199 g/mol. The second-order valence-corrected chi connectivity index (χ2v) is 4.61. The Morgan fingerprint density at radius 3 is 2.71 bits per heavy atom. The van der Waals surface area contributed by atoms with Crippen molar-refractivity contribution in [2.24, 2.45) is 17.1 Å². The van der Waals surface area contributed by atoms with E-state index in [-0.39, 0.29) is 17.9 Å². The van der Waals surface area contributed by atoms with Gasteiger partial charge in [-0.25, -0.2) is 0 Å². The minimum Gasteiger partial charge on any atom is -0.481 e. The summed E-state index contributed by atoms with van der Waals surface area (Å²) in [6.07, 6.45) is 4.35. The van der Waals surface area contributed by atoms with E-state index < -0.39 is 5.97 Å². The molecule has 1 saturated carbocycles. The predicted molar refractivity (Wildman–Crippen MR) is 56.0 cm³/mol. The number of hydrogen-bond acceptors (Lipinski definition) is 2. The Hall–Kier alpha value is -0.570.